The lowest BCUT2D eigenvalue weighted by molar-refractivity contribution is 0.410. The molecule has 0 spiro atoms. The van der Waals surface area contributed by atoms with E-state index in [0.29, 0.717) is 11.3 Å². The summed E-state index contributed by atoms with van der Waals surface area (Å²) in [6, 6.07) is 0. The van der Waals surface area contributed by atoms with Crippen molar-refractivity contribution in [3.05, 3.63) is 16.1 Å². The molecule has 94 valence electrons. The molecule has 0 aromatic carbocycles. The zero-order chi connectivity index (χ0) is 11.9. The van der Waals surface area contributed by atoms with Crippen molar-refractivity contribution in [2.75, 3.05) is 26.7 Å². The van der Waals surface area contributed by atoms with E-state index in [0.717, 1.165) is 13.0 Å². The largest absolute Gasteiger partial charge is 0.330 e. The molecule has 3 rings (SSSR count). The van der Waals surface area contributed by atoms with E-state index in [1.165, 1.54) is 43.1 Å². The fourth-order valence-corrected chi connectivity index (χ4v) is 3.77. The molecule has 0 bridgehead atoms. The molecule has 1 aliphatic heterocycles. The second-order valence-corrected chi connectivity index (χ2v) is 6.74. The van der Waals surface area contributed by atoms with Gasteiger partial charge < -0.3 is 10.6 Å². The standard InChI is InChI=1S/C13H21N3S/c1-16-5-2-10(7-16)11-8-17-12(15-11)6-13(9-14)3-4-13/h8,10H,2-7,9,14H2,1H3. The fraction of sp³-hybridized carbons (Fsp3) is 0.769. The molecule has 17 heavy (non-hydrogen) atoms. The van der Waals surface area contributed by atoms with E-state index in [4.69, 9.17) is 10.7 Å². The molecule has 1 atom stereocenters. The molecule has 2 fully saturated rings. The van der Waals surface area contributed by atoms with Gasteiger partial charge in [-0.15, -0.1) is 11.3 Å². The van der Waals surface area contributed by atoms with Crippen LogP contribution in [0.1, 0.15) is 35.9 Å². The van der Waals surface area contributed by atoms with E-state index in [2.05, 4.69) is 17.3 Å². The van der Waals surface area contributed by atoms with Crippen LogP contribution < -0.4 is 5.73 Å². The third-order valence-corrected chi connectivity index (χ3v) is 5.16. The number of likely N-dealkylation sites (N-methyl/N-ethyl adjacent to an activating group) is 1. The highest BCUT2D eigenvalue weighted by atomic mass is 32.1. The summed E-state index contributed by atoms with van der Waals surface area (Å²) < 4.78 is 0. The lowest BCUT2D eigenvalue weighted by atomic mass is 10.0. The predicted octanol–water partition coefficient (Wildman–Crippen LogP) is 1.84. The zero-order valence-corrected chi connectivity index (χ0v) is 11.3. The minimum atomic E-state index is 0.418. The number of hydrogen-bond donors (Lipinski definition) is 1. The van der Waals surface area contributed by atoms with Gasteiger partial charge in [-0.05, 0) is 44.8 Å². The van der Waals surface area contributed by atoms with Crippen LogP contribution in [0.3, 0.4) is 0 Å². The van der Waals surface area contributed by atoms with Crippen molar-refractivity contribution in [2.24, 2.45) is 11.1 Å². The number of thiazole rings is 1. The summed E-state index contributed by atoms with van der Waals surface area (Å²) in [4.78, 5) is 7.23. The van der Waals surface area contributed by atoms with E-state index in [1.807, 2.05) is 11.3 Å². The Balaban J connectivity index is 1.66. The third-order valence-electron chi connectivity index (χ3n) is 4.30. The number of hydrogen-bond acceptors (Lipinski definition) is 4. The van der Waals surface area contributed by atoms with E-state index in [1.54, 1.807) is 0 Å². The highest BCUT2D eigenvalue weighted by molar-refractivity contribution is 7.09. The molecule has 2 heterocycles. The van der Waals surface area contributed by atoms with Crippen molar-refractivity contribution < 1.29 is 0 Å². The Kier molecular flexibility index (Phi) is 2.97. The summed E-state index contributed by atoms with van der Waals surface area (Å²) in [6.45, 7) is 3.21. The van der Waals surface area contributed by atoms with Crippen LogP contribution in [0.2, 0.25) is 0 Å². The first kappa shape index (κ1) is 11.6. The summed E-state index contributed by atoms with van der Waals surface area (Å²) in [5.41, 5.74) is 7.57. The number of nitrogens with zero attached hydrogens (tertiary/aromatic N) is 2. The topological polar surface area (TPSA) is 42.1 Å². The average Bonchev–Trinajstić information content (AvgIpc) is 2.73. The highest BCUT2D eigenvalue weighted by Crippen LogP contribution is 2.47. The Morgan fingerprint density at radius 3 is 3.00 bits per heavy atom. The van der Waals surface area contributed by atoms with Crippen LogP contribution >= 0.6 is 11.3 Å². The van der Waals surface area contributed by atoms with Crippen LogP contribution in [-0.4, -0.2) is 36.6 Å². The molecule has 0 amide bonds. The molecule has 2 N–H and O–H groups in total. The molecule has 0 radical (unpaired) electrons. The molecular formula is C13H21N3S. The van der Waals surface area contributed by atoms with Crippen LogP contribution in [0, 0.1) is 5.41 Å². The molecule has 1 aliphatic carbocycles. The van der Waals surface area contributed by atoms with E-state index in [9.17, 15) is 0 Å². The van der Waals surface area contributed by atoms with Gasteiger partial charge in [0.05, 0.1) is 10.7 Å². The summed E-state index contributed by atoms with van der Waals surface area (Å²) in [5, 5.41) is 3.57. The molecule has 1 unspecified atom stereocenters. The van der Waals surface area contributed by atoms with Gasteiger partial charge in [0.1, 0.15) is 0 Å². The summed E-state index contributed by atoms with van der Waals surface area (Å²) in [7, 11) is 2.20. The quantitative estimate of drug-likeness (QED) is 0.888. The summed E-state index contributed by atoms with van der Waals surface area (Å²) in [5.74, 6) is 0.665. The van der Waals surface area contributed by atoms with E-state index in [-0.39, 0.29) is 0 Å². The first-order valence-electron chi connectivity index (χ1n) is 6.54. The molecule has 1 aromatic heterocycles. The van der Waals surface area contributed by atoms with Gasteiger partial charge >= 0.3 is 0 Å². The first-order chi connectivity index (χ1) is 8.21. The van der Waals surface area contributed by atoms with Gasteiger partial charge in [-0.25, -0.2) is 4.98 Å². The number of aromatic nitrogens is 1. The third kappa shape index (κ3) is 2.39. The van der Waals surface area contributed by atoms with Crippen molar-refractivity contribution in [3.63, 3.8) is 0 Å². The Morgan fingerprint density at radius 1 is 1.59 bits per heavy atom. The molecule has 1 aromatic rings. The number of nitrogens with two attached hydrogens (primary N) is 1. The molecule has 2 aliphatic rings. The lowest BCUT2D eigenvalue weighted by Crippen LogP contribution is -2.18. The van der Waals surface area contributed by atoms with Crippen LogP contribution in [0.25, 0.3) is 0 Å². The van der Waals surface area contributed by atoms with E-state index < -0.39 is 0 Å². The second kappa shape index (κ2) is 4.34. The van der Waals surface area contributed by atoms with Gasteiger partial charge in [-0.1, -0.05) is 0 Å². The predicted molar refractivity (Wildman–Crippen MR) is 71.4 cm³/mol. The minimum absolute atomic E-state index is 0.418. The van der Waals surface area contributed by atoms with Crippen molar-refractivity contribution >= 4 is 11.3 Å². The van der Waals surface area contributed by atoms with Crippen LogP contribution in [0.5, 0.6) is 0 Å². The average molecular weight is 251 g/mol. The maximum Gasteiger partial charge on any atom is 0.0934 e. The maximum absolute atomic E-state index is 5.83. The smallest absolute Gasteiger partial charge is 0.0934 e. The minimum Gasteiger partial charge on any atom is -0.330 e. The van der Waals surface area contributed by atoms with E-state index >= 15 is 0 Å². The normalized spacial score (nSPS) is 27.5. The van der Waals surface area contributed by atoms with Crippen LogP contribution in [0.15, 0.2) is 5.38 Å². The van der Waals surface area contributed by atoms with Crippen molar-refractivity contribution in [2.45, 2.75) is 31.6 Å². The van der Waals surface area contributed by atoms with Gasteiger partial charge in [0.2, 0.25) is 0 Å². The van der Waals surface area contributed by atoms with Crippen molar-refractivity contribution in [3.8, 4) is 0 Å². The van der Waals surface area contributed by atoms with Gasteiger partial charge in [0.25, 0.3) is 0 Å². The molecule has 3 nitrogen and oxygen atoms in total. The highest BCUT2D eigenvalue weighted by Gasteiger charge is 2.41. The summed E-state index contributed by atoms with van der Waals surface area (Å²) >= 11 is 1.83. The Morgan fingerprint density at radius 2 is 2.41 bits per heavy atom. The van der Waals surface area contributed by atoms with Crippen LogP contribution in [0.4, 0.5) is 0 Å². The Labute approximate surface area is 107 Å². The van der Waals surface area contributed by atoms with Gasteiger partial charge in [0.15, 0.2) is 0 Å². The van der Waals surface area contributed by atoms with Gasteiger partial charge in [-0.3, -0.25) is 0 Å². The van der Waals surface area contributed by atoms with Gasteiger partial charge in [0, 0.05) is 24.3 Å². The Hall–Kier alpha value is -0.450. The monoisotopic (exact) mass is 251 g/mol. The first-order valence-corrected chi connectivity index (χ1v) is 7.42. The molecular weight excluding hydrogens is 230 g/mol. The molecule has 4 heteroatoms. The SMILES string of the molecule is CN1CCC(c2csc(CC3(CN)CC3)n2)C1. The van der Waals surface area contributed by atoms with Gasteiger partial charge in [-0.2, -0.15) is 0 Å². The fourth-order valence-electron chi connectivity index (χ4n) is 2.72. The zero-order valence-electron chi connectivity index (χ0n) is 10.5. The summed E-state index contributed by atoms with van der Waals surface area (Å²) in [6.07, 6.45) is 4.97. The number of rotatable bonds is 4. The molecule has 1 saturated heterocycles. The molecule has 1 saturated carbocycles. The number of likely N-dealkylation sites (tertiary alicyclic amines) is 1. The van der Waals surface area contributed by atoms with Crippen molar-refractivity contribution in [1.82, 2.24) is 9.88 Å². The van der Waals surface area contributed by atoms with Crippen LogP contribution in [-0.2, 0) is 6.42 Å². The lowest BCUT2D eigenvalue weighted by Gasteiger charge is -2.09. The second-order valence-electron chi connectivity index (χ2n) is 5.79. The maximum atomic E-state index is 5.83. The Bertz CT molecular complexity index is 397. The van der Waals surface area contributed by atoms with Crippen molar-refractivity contribution in [1.29, 1.82) is 0 Å².